The van der Waals surface area contributed by atoms with Crippen LogP contribution in [0.15, 0.2) is 27.1 Å². The molecular formula is C11H15Br2NO2. The second-order valence-electron chi connectivity index (χ2n) is 3.35. The van der Waals surface area contributed by atoms with E-state index in [2.05, 4.69) is 37.2 Å². The lowest BCUT2D eigenvalue weighted by atomic mass is 10.3. The van der Waals surface area contributed by atoms with Gasteiger partial charge in [-0.1, -0.05) is 22.9 Å². The monoisotopic (exact) mass is 351 g/mol. The van der Waals surface area contributed by atoms with Gasteiger partial charge in [-0.25, -0.2) is 0 Å². The Morgan fingerprint density at radius 3 is 2.81 bits per heavy atom. The topological polar surface area (TPSA) is 41.5 Å². The van der Waals surface area contributed by atoms with E-state index in [4.69, 9.17) is 4.74 Å². The first-order chi connectivity index (χ1) is 7.63. The van der Waals surface area contributed by atoms with Crippen LogP contribution in [0, 0.1) is 0 Å². The minimum atomic E-state index is -0.490. The fourth-order valence-electron chi connectivity index (χ4n) is 1.15. The zero-order valence-corrected chi connectivity index (χ0v) is 12.2. The van der Waals surface area contributed by atoms with E-state index < -0.39 is 6.10 Å². The Morgan fingerprint density at radius 1 is 1.44 bits per heavy atom. The third-order valence-electron chi connectivity index (χ3n) is 1.96. The average molecular weight is 353 g/mol. The maximum absolute atomic E-state index is 9.58. The molecule has 0 amide bonds. The molecule has 0 fully saturated rings. The molecule has 0 saturated heterocycles. The number of nitrogens with one attached hydrogen (secondary N) is 1. The van der Waals surface area contributed by atoms with Crippen molar-refractivity contribution >= 4 is 31.9 Å². The second-order valence-corrected chi connectivity index (χ2v) is 5.12. The van der Waals surface area contributed by atoms with Crippen LogP contribution < -0.4 is 10.1 Å². The Balaban J connectivity index is 2.42. The SMILES string of the molecule is CCNCC(O)COc1ccc(Br)cc1Br. The quantitative estimate of drug-likeness (QED) is 0.826. The Morgan fingerprint density at radius 2 is 2.19 bits per heavy atom. The van der Waals surface area contributed by atoms with E-state index in [1.54, 1.807) is 0 Å². The molecule has 1 rings (SSSR count). The fourth-order valence-corrected chi connectivity index (χ4v) is 2.31. The van der Waals surface area contributed by atoms with Crippen molar-refractivity contribution in [3.63, 3.8) is 0 Å². The Kier molecular flexibility index (Phi) is 6.34. The predicted molar refractivity (Wildman–Crippen MR) is 71.9 cm³/mol. The first-order valence-corrected chi connectivity index (χ1v) is 6.68. The molecular weight excluding hydrogens is 338 g/mol. The lowest BCUT2D eigenvalue weighted by Gasteiger charge is -2.13. The maximum Gasteiger partial charge on any atom is 0.133 e. The molecule has 5 heteroatoms. The molecule has 0 aliphatic rings. The van der Waals surface area contributed by atoms with Crippen molar-refractivity contribution in [2.75, 3.05) is 19.7 Å². The first-order valence-electron chi connectivity index (χ1n) is 5.10. The molecule has 0 saturated carbocycles. The zero-order valence-electron chi connectivity index (χ0n) is 9.04. The third-order valence-corrected chi connectivity index (χ3v) is 3.07. The number of halogens is 2. The molecule has 2 N–H and O–H groups in total. The minimum Gasteiger partial charge on any atom is -0.490 e. The molecule has 1 aromatic rings. The van der Waals surface area contributed by atoms with Crippen LogP contribution in [0.4, 0.5) is 0 Å². The van der Waals surface area contributed by atoms with Crippen LogP contribution in [0.2, 0.25) is 0 Å². The summed E-state index contributed by atoms with van der Waals surface area (Å²) in [5.41, 5.74) is 0. The van der Waals surface area contributed by atoms with Gasteiger partial charge < -0.3 is 15.2 Å². The van der Waals surface area contributed by atoms with Gasteiger partial charge in [-0.3, -0.25) is 0 Å². The highest BCUT2D eigenvalue weighted by Gasteiger charge is 2.06. The fraction of sp³-hybridized carbons (Fsp3) is 0.455. The van der Waals surface area contributed by atoms with E-state index in [-0.39, 0.29) is 6.61 Å². The number of likely N-dealkylation sites (N-methyl/N-ethyl adjacent to an activating group) is 1. The van der Waals surface area contributed by atoms with Gasteiger partial charge in [0.25, 0.3) is 0 Å². The summed E-state index contributed by atoms with van der Waals surface area (Å²) in [6, 6.07) is 5.66. The van der Waals surface area contributed by atoms with Crippen LogP contribution in [-0.2, 0) is 0 Å². The van der Waals surface area contributed by atoms with Gasteiger partial charge in [0.05, 0.1) is 4.47 Å². The van der Waals surface area contributed by atoms with Crippen molar-refractivity contribution < 1.29 is 9.84 Å². The van der Waals surface area contributed by atoms with Crippen LogP contribution in [0.5, 0.6) is 5.75 Å². The molecule has 0 aliphatic heterocycles. The van der Waals surface area contributed by atoms with Crippen molar-refractivity contribution in [3.8, 4) is 5.75 Å². The number of aliphatic hydroxyl groups excluding tert-OH is 1. The van der Waals surface area contributed by atoms with E-state index in [1.165, 1.54) is 0 Å². The van der Waals surface area contributed by atoms with Gasteiger partial charge in [0, 0.05) is 11.0 Å². The van der Waals surface area contributed by atoms with Gasteiger partial charge in [0.15, 0.2) is 0 Å². The Bertz CT molecular complexity index is 334. The molecule has 0 bridgehead atoms. The second kappa shape index (κ2) is 7.27. The van der Waals surface area contributed by atoms with Gasteiger partial charge in [-0.05, 0) is 40.7 Å². The van der Waals surface area contributed by atoms with E-state index in [0.717, 1.165) is 21.2 Å². The van der Waals surface area contributed by atoms with Crippen molar-refractivity contribution in [2.24, 2.45) is 0 Å². The highest BCUT2D eigenvalue weighted by Crippen LogP contribution is 2.28. The smallest absolute Gasteiger partial charge is 0.133 e. The van der Waals surface area contributed by atoms with Gasteiger partial charge in [-0.15, -0.1) is 0 Å². The molecule has 0 aromatic heterocycles. The molecule has 1 unspecified atom stereocenters. The Labute approximate surface area is 112 Å². The molecule has 1 aromatic carbocycles. The molecule has 3 nitrogen and oxygen atoms in total. The Hall–Kier alpha value is -0.100. The predicted octanol–water partition coefficient (Wildman–Crippen LogP) is 2.56. The average Bonchev–Trinajstić information content (AvgIpc) is 2.25. The molecule has 0 heterocycles. The molecule has 0 radical (unpaired) electrons. The van der Waals surface area contributed by atoms with Crippen LogP contribution in [0.3, 0.4) is 0 Å². The molecule has 16 heavy (non-hydrogen) atoms. The molecule has 0 spiro atoms. The molecule has 0 aliphatic carbocycles. The summed E-state index contributed by atoms with van der Waals surface area (Å²) in [6.07, 6.45) is -0.490. The lowest BCUT2D eigenvalue weighted by molar-refractivity contribution is 0.106. The number of hydrogen-bond acceptors (Lipinski definition) is 3. The highest BCUT2D eigenvalue weighted by molar-refractivity contribution is 9.11. The first kappa shape index (κ1) is 14.0. The minimum absolute atomic E-state index is 0.285. The standard InChI is InChI=1S/C11H15Br2NO2/c1-2-14-6-9(15)7-16-11-4-3-8(12)5-10(11)13/h3-5,9,14-15H,2,6-7H2,1H3. The highest BCUT2D eigenvalue weighted by atomic mass is 79.9. The van der Waals surface area contributed by atoms with Gasteiger partial charge >= 0.3 is 0 Å². The van der Waals surface area contributed by atoms with E-state index in [1.807, 2.05) is 25.1 Å². The number of ether oxygens (including phenoxy) is 1. The van der Waals surface area contributed by atoms with Crippen LogP contribution in [0.25, 0.3) is 0 Å². The summed E-state index contributed by atoms with van der Waals surface area (Å²) in [5.74, 6) is 0.735. The zero-order chi connectivity index (χ0) is 12.0. The van der Waals surface area contributed by atoms with Crippen molar-refractivity contribution in [2.45, 2.75) is 13.0 Å². The normalized spacial score (nSPS) is 12.5. The summed E-state index contributed by atoms with van der Waals surface area (Å²) in [6.45, 7) is 3.68. The summed E-state index contributed by atoms with van der Waals surface area (Å²) in [5, 5.41) is 12.6. The summed E-state index contributed by atoms with van der Waals surface area (Å²) in [7, 11) is 0. The van der Waals surface area contributed by atoms with Gasteiger partial charge in [0.2, 0.25) is 0 Å². The van der Waals surface area contributed by atoms with E-state index >= 15 is 0 Å². The number of aliphatic hydroxyl groups is 1. The van der Waals surface area contributed by atoms with Crippen molar-refractivity contribution in [3.05, 3.63) is 27.1 Å². The van der Waals surface area contributed by atoms with Crippen LogP contribution in [-0.4, -0.2) is 30.9 Å². The van der Waals surface area contributed by atoms with E-state index in [0.29, 0.717) is 6.54 Å². The molecule has 1 atom stereocenters. The maximum atomic E-state index is 9.58. The largest absolute Gasteiger partial charge is 0.490 e. The number of rotatable bonds is 6. The summed E-state index contributed by atoms with van der Waals surface area (Å²) >= 11 is 6.76. The third kappa shape index (κ3) is 4.82. The van der Waals surface area contributed by atoms with Crippen LogP contribution in [0.1, 0.15) is 6.92 Å². The molecule has 90 valence electrons. The van der Waals surface area contributed by atoms with Gasteiger partial charge in [0.1, 0.15) is 18.5 Å². The van der Waals surface area contributed by atoms with Crippen molar-refractivity contribution in [1.29, 1.82) is 0 Å². The number of benzene rings is 1. The summed E-state index contributed by atoms with van der Waals surface area (Å²) in [4.78, 5) is 0. The lowest BCUT2D eigenvalue weighted by Crippen LogP contribution is -2.31. The van der Waals surface area contributed by atoms with E-state index in [9.17, 15) is 5.11 Å². The summed E-state index contributed by atoms with van der Waals surface area (Å²) < 4.78 is 7.35. The van der Waals surface area contributed by atoms with Crippen LogP contribution >= 0.6 is 31.9 Å². The van der Waals surface area contributed by atoms with Crippen molar-refractivity contribution in [1.82, 2.24) is 5.32 Å². The number of hydrogen-bond donors (Lipinski definition) is 2. The van der Waals surface area contributed by atoms with Gasteiger partial charge in [-0.2, -0.15) is 0 Å².